The average molecular weight is 651 g/mol. The Morgan fingerprint density at radius 1 is 0.617 bits per heavy atom. The molecule has 10 heteroatoms. The van der Waals surface area contributed by atoms with Crippen molar-refractivity contribution >= 4 is 23.6 Å². The second kappa shape index (κ2) is 17.4. The molecular formula is C37H54N4O6. The zero-order valence-corrected chi connectivity index (χ0v) is 29.2. The Bertz CT molecular complexity index is 1220. The number of hydrogen-bond donors (Lipinski definition) is 4. The van der Waals surface area contributed by atoms with Crippen LogP contribution in [-0.2, 0) is 41.5 Å². The van der Waals surface area contributed by atoms with Crippen LogP contribution in [0.1, 0.15) is 65.5 Å². The van der Waals surface area contributed by atoms with Crippen LogP contribution in [0.25, 0.3) is 0 Å². The highest BCUT2D eigenvalue weighted by Crippen LogP contribution is 2.39. The summed E-state index contributed by atoms with van der Waals surface area (Å²) in [5.41, 5.74) is 2.10. The third-order valence-electron chi connectivity index (χ3n) is 8.79. The molecule has 1 fully saturated rings. The van der Waals surface area contributed by atoms with E-state index < -0.39 is 41.9 Å². The number of hydrogen-bond acceptors (Lipinski definition) is 6. The van der Waals surface area contributed by atoms with Crippen molar-refractivity contribution in [2.45, 2.75) is 97.3 Å². The number of carbonyl (C=O) groups excluding carboxylic acids is 4. The number of aryl methyl sites for hydroxylation is 2. The molecule has 0 aliphatic carbocycles. The molecule has 0 bridgehead atoms. The van der Waals surface area contributed by atoms with Crippen LogP contribution in [0.4, 0.5) is 0 Å². The summed E-state index contributed by atoms with van der Waals surface area (Å²) in [4.78, 5) is 54.0. The minimum atomic E-state index is -1.09. The maximum absolute atomic E-state index is 14.2. The third kappa shape index (κ3) is 10.6. The Balaban J connectivity index is 2.04. The Morgan fingerprint density at radius 2 is 0.957 bits per heavy atom. The first kappa shape index (κ1) is 37.7. The van der Waals surface area contributed by atoms with Crippen LogP contribution in [0.2, 0.25) is 0 Å². The van der Waals surface area contributed by atoms with Crippen LogP contribution in [0, 0.1) is 23.7 Å². The lowest BCUT2D eigenvalue weighted by molar-refractivity contribution is -0.159. The predicted octanol–water partition coefficient (Wildman–Crippen LogP) is 3.78. The number of amides is 4. The van der Waals surface area contributed by atoms with Gasteiger partial charge in [0.2, 0.25) is 23.6 Å². The van der Waals surface area contributed by atoms with Gasteiger partial charge in [-0.2, -0.15) is 0 Å². The van der Waals surface area contributed by atoms with E-state index >= 15 is 0 Å². The monoisotopic (exact) mass is 650 g/mol. The van der Waals surface area contributed by atoms with Crippen molar-refractivity contribution in [3.63, 3.8) is 0 Å². The molecule has 1 heterocycles. The Kier molecular flexibility index (Phi) is 14.0. The summed E-state index contributed by atoms with van der Waals surface area (Å²) in [6.07, 6.45) is 0.325. The fourth-order valence-corrected chi connectivity index (χ4v) is 6.16. The number of likely N-dealkylation sites (N-methyl/N-ethyl adjacent to an activating group) is 2. The van der Waals surface area contributed by atoms with Gasteiger partial charge in [-0.05, 0) is 62.5 Å². The number of benzene rings is 2. The van der Waals surface area contributed by atoms with Gasteiger partial charge in [0.15, 0.2) is 5.79 Å². The van der Waals surface area contributed by atoms with Crippen molar-refractivity contribution in [3.05, 3.63) is 71.8 Å². The molecule has 4 amide bonds. The number of carbonyl (C=O) groups is 4. The smallest absolute Gasteiger partial charge is 0.242 e. The lowest BCUT2D eigenvalue weighted by Gasteiger charge is -2.32. The van der Waals surface area contributed by atoms with Gasteiger partial charge in [-0.25, -0.2) is 0 Å². The summed E-state index contributed by atoms with van der Waals surface area (Å²) in [6, 6.07) is 18.2. The summed E-state index contributed by atoms with van der Waals surface area (Å²) in [5.74, 6) is -4.18. The van der Waals surface area contributed by atoms with Gasteiger partial charge in [-0.1, -0.05) is 88.4 Å². The van der Waals surface area contributed by atoms with E-state index in [0.29, 0.717) is 25.7 Å². The van der Waals surface area contributed by atoms with Gasteiger partial charge < -0.3 is 30.7 Å². The van der Waals surface area contributed by atoms with Crippen molar-refractivity contribution in [2.75, 3.05) is 14.1 Å². The molecule has 10 nitrogen and oxygen atoms in total. The molecule has 0 radical (unpaired) electrons. The van der Waals surface area contributed by atoms with Gasteiger partial charge in [-0.15, -0.1) is 0 Å². The van der Waals surface area contributed by atoms with Crippen LogP contribution < -0.4 is 21.3 Å². The molecule has 1 saturated heterocycles. The van der Waals surface area contributed by atoms with E-state index in [1.165, 1.54) is 0 Å². The molecule has 4 N–H and O–H groups in total. The van der Waals surface area contributed by atoms with E-state index in [2.05, 4.69) is 21.3 Å². The van der Waals surface area contributed by atoms with Gasteiger partial charge in [0, 0.05) is 14.1 Å². The summed E-state index contributed by atoms with van der Waals surface area (Å²) in [5, 5.41) is 11.3. The summed E-state index contributed by atoms with van der Waals surface area (Å²) >= 11 is 0. The zero-order chi connectivity index (χ0) is 34.7. The fourth-order valence-electron chi connectivity index (χ4n) is 6.16. The first-order chi connectivity index (χ1) is 22.3. The molecule has 47 heavy (non-hydrogen) atoms. The molecule has 0 aromatic heterocycles. The molecule has 0 saturated carbocycles. The summed E-state index contributed by atoms with van der Waals surface area (Å²) < 4.78 is 13.0. The van der Waals surface area contributed by atoms with E-state index in [1.807, 2.05) is 88.4 Å². The molecule has 0 spiro atoms. The van der Waals surface area contributed by atoms with Crippen LogP contribution in [0.5, 0.6) is 0 Å². The number of nitrogens with one attached hydrogen (secondary N) is 4. The molecular weight excluding hydrogens is 596 g/mol. The lowest BCUT2D eigenvalue weighted by atomic mass is 9.82. The summed E-state index contributed by atoms with van der Waals surface area (Å²) in [7, 11) is 3.09. The van der Waals surface area contributed by atoms with Crippen LogP contribution >= 0.6 is 0 Å². The largest absolute Gasteiger partial charge is 0.357 e. The van der Waals surface area contributed by atoms with Crippen LogP contribution in [0.3, 0.4) is 0 Å². The Labute approximate surface area is 280 Å². The maximum Gasteiger partial charge on any atom is 0.242 e. The molecule has 1 aliphatic heterocycles. The number of rotatable bonds is 16. The van der Waals surface area contributed by atoms with Crippen molar-refractivity contribution in [1.29, 1.82) is 0 Å². The highest BCUT2D eigenvalue weighted by atomic mass is 16.8. The van der Waals surface area contributed by atoms with E-state index in [0.717, 1.165) is 11.1 Å². The van der Waals surface area contributed by atoms with Crippen molar-refractivity contribution in [2.24, 2.45) is 23.7 Å². The molecule has 2 aromatic rings. The van der Waals surface area contributed by atoms with E-state index in [-0.39, 0.29) is 35.5 Å². The van der Waals surface area contributed by atoms with E-state index in [1.54, 1.807) is 27.9 Å². The zero-order valence-electron chi connectivity index (χ0n) is 29.2. The van der Waals surface area contributed by atoms with Gasteiger partial charge in [0.1, 0.15) is 12.1 Å². The third-order valence-corrected chi connectivity index (χ3v) is 8.79. The van der Waals surface area contributed by atoms with Crippen molar-refractivity contribution in [1.82, 2.24) is 21.3 Å². The minimum Gasteiger partial charge on any atom is -0.357 e. The van der Waals surface area contributed by atoms with Crippen molar-refractivity contribution in [3.8, 4) is 0 Å². The number of ether oxygens (including phenoxy) is 2. The molecule has 2 aromatic carbocycles. The first-order valence-electron chi connectivity index (χ1n) is 16.7. The van der Waals surface area contributed by atoms with Crippen LogP contribution in [0.15, 0.2) is 60.7 Å². The quantitative estimate of drug-likeness (QED) is 0.219. The molecule has 6 atom stereocenters. The second-order valence-corrected chi connectivity index (χ2v) is 13.5. The molecule has 0 unspecified atom stereocenters. The Hall–Kier alpha value is -3.76. The van der Waals surface area contributed by atoms with E-state index in [9.17, 15) is 19.2 Å². The predicted molar refractivity (Wildman–Crippen MR) is 182 cm³/mol. The molecule has 258 valence electrons. The van der Waals surface area contributed by atoms with Gasteiger partial charge in [0.05, 0.1) is 24.0 Å². The highest BCUT2D eigenvalue weighted by molar-refractivity contribution is 5.90. The normalized spacial score (nSPS) is 19.8. The van der Waals surface area contributed by atoms with Gasteiger partial charge in [0.25, 0.3) is 0 Å². The van der Waals surface area contributed by atoms with Gasteiger partial charge in [-0.3, -0.25) is 19.2 Å². The maximum atomic E-state index is 14.2. The average Bonchev–Trinajstić information content (AvgIpc) is 3.36. The SMILES string of the molecule is CNC(=O)[C@@H](NC(=O)[C@H](CCc1ccccc1)[C@@H]1OC(C)(C)O[C@@H]1[C@@H](CCc1ccccc1)C(=O)N[C@H](C(=O)NC)C(C)C)C(C)C. The summed E-state index contributed by atoms with van der Waals surface area (Å²) in [6.45, 7) is 11.1. The van der Waals surface area contributed by atoms with Gasteiger partial charge >= 0.3 is 0 Å². The second-order valence-electron chi connectivity index (χ2n) is 13.5. The molecule has 1 aliphatic rings. The fraction of sp³-hybridized carbons (Fsp3) is 0.568. The highest BCUT2D eigenvalue weighted by Gasteiger charge is 2.52. The van der Waals surface area contributed by atoms with Crippen molar-refractivity contribution < 1.29 is 28.7 Å². The lowest BCUT2D eigenvalue weighted by Crippen LogP contribution is -2.55. The Morgan fingerprint density at radius 3 is 1.26 bits per heavy atom. The van der Waals surface area contributed by atoms with Crippen LogP contribution in [-0.4, -0.2) is 67.8 Å². The molecule has 3 rings (SSSR count). The topological polar surface area (TPSA) is 135 Å². The standard InChI is InChI=1S/C37H54N4O6/c1-23(2)29(35(44)38-7)40-33(42)27(21-19-25-15-11-9-12-16-25)31-32(47-37(5,6)46-31)28(22-20-26-17-13-10-14-18-26)34(43)41-30(24(3)4)36(45)39-8/h9-18,23-24,27-32H,19-22H2,1-8H3,(H,38,44)(H,39,45)(H,40,42)(H,41,43)/t27-,28-,29+,30+,31-,32+/m1/s1. The van der Waals surface area contributed by atoms with E-state index in [4.69, 9.17) is 9.47 Å². The first-order valence-corrected chi connectivity index (χ1v) is 16.7. The minimum absolute atomic E-state index is 0.163.